The molecule has 0 atom stereocenters. The van der Waals surface area contributed by atoms with E-state index in [1.54, 1.807) is 21.0 Å². The lowest BCUT2D eigenvalue weighted by Gasteiger charge is -2.11. The van der Waals surface area contributed by atoms with Gasteiger partial charge in [0.15, 0.2) is 0 Å². The highest BCUT2D eigenvalue weighted by Crippen LogP contribution is 2.19. The fourth-order valence-electron chi connectivity index (χ4n) is 1.21. The van der Waals surface area contributed by atoms with Crippen molar-refractivity contribution in [3.63, 3.8) is 0 Å². The van der Waals surface area contributed by atoms with Gasteiger partial charge in [-0.3, -0.25) is 9.59 Å². The molecule has 0 aromatic carbocycles. The van der Waals surface area contributed by atoms with Gasteiger partial charge in [0, 0.05) is 20.5 Å². The predicted molar refractivity (Wildman–Crippen MR) is 66.6 cm³/mol. The zero-order chi connectivity index (χ0) is 13.2. The number of carbonyl (C=O) groups excluding carboxylic acids is 1. The van der Waals surface area contributed by atoms with Crippen molar-refractivity contribution in [1.29, 1.82) is 0 Å². The van der Waals surface area contributed by atoms with Gasteiger partial charge in [-0.05, 0) is 6.92 Å². The molecule has 1 rings (SSSR count). The van der Waals surface area contributed by atoms with Gasteiger partial charge in [0.25, 0.3) is 5.56 Å². The summed E-state index contributed by atoms with van der Waals surface area (Å²) < 4.78 is 1.16. The second-order valence-corrected chi connectivity index (χ2v) is 4.54. The Morgan fingerprint density at radius 1 is 1.35 bits per heavy atom. The molecule has 1 aromatic rings. The average Bonchev–Trinajstić information content (AvgIpc) is 2.28. The predicted octanol–water partition coefficient (Wildman–Crippen LogP) is 1.34. The highest BCUT2D eigenvalue weighted by molar-refractivity contribution is 6.42. The zero-order valence-corrected chi connectivity index (χ0v) is 11.3. The highest BCUT2D eigenvalue weighted by atomic mass is 35.5. The lowest BCUT2D eigenvalue weighted by Crippen LogP contribution is -2.29. The van der Waals surface area contributed by atoms with Crippen LogP contribution in [-0.4, -0.2) is 34.7 Å². The normalized spacial score (nSPS) is 10.4. The van der Waals surface area contributed by atoms with Crippen molar-refractivity contribution in [2.24, 2.45) is 0 Å². The van der Waals surface area contributed by atoms with Gasteiger partial charge in [0.1, 0.15) is 5.02 Å². The van der Waals surface area contributed by atoms with Crippen molar-refractivity contribution in [2.45, 2.75) is 19.9 Å². The third kappa shape index (κ3) is 3.20. The molecule has 0 aliphatic carbocycles. The smallest absolute Gasteiger partial charge is 0.287 e. The van der Waals surface area contributed by atoms with E-state index < -0.39 is 5.56 Å². The van der Waals surface area contributed by atoms with E-state index in [1.807, 2.05) is 0 Å². The molecule has 0 saturated carbocycles. The largest absolute Gasteiger partial charge is 0.349 e. The Morgan fingerprint density at radius 3 is 2.47 bits per heavy atom. The monoisotopic (exact) mass is 277 g/mol. The van der Waals surface area contributed by atoms with Crippen molar-refractivity contribution in [3.8, 4) is 0 Å². The second kappa shape index (κ2) is 5.51. The van der Waals surface area contributed by atoms with E-state index in [0.717, 1.165) is 4.68 Å². The first-order chi connectivity index (χ1) is 7.84. The van der Waals surface area contributed by atoms with E-state index in [-0.39, 0.29) is 28.9 Å². The molecule has 0 unspecified atom stereocenters. The van der Waals surface area contributed by atoms with Crippen LogP contribution in [0.1, 0.15) is 12.1 Å². The summed E-state index contributed by atoms with van der Waals surface area (Å²) in [6.07, 6.45) is 0.192. The second-order valence-electron chi connectivity index (χ2n) is 3.78. The summed E-state index contributed by atoms with van der Waals surface area (Å²) in [5.74, 6) is -0.0811. The summed E-state index contributed by atoms with van der Waals surface area (Å²) in [5, 5.41) is 4.08. The van der Waals surface area contributed by atoms with Crippen molar-refractivity contribution in [3.05, 3.63) is 26.1 Å². The van der Waals surface area contributed by atoms with Crippen LogP contribution in [0.15, 0.2) is 4.79 Å². The first-order valence-corrected chi connectivity index (χ1v) is 5.73. The lowest BCUT2D eigenvalue weighted by molar-refractivity contribution is -0.128. The molecule has 0 aliphatic heterocycles. The Balaban J connectivity index is 2.94. The molecule has 7 heteroatoms. The van der Waals surface area contributed by atoms with E-state index in [1.165, 1.54) is 4.90 Å². The summed E-state index contributed by atoms with van der Waals surface area (Å²) in [6.45, 7) is 1.84. The quantitative estimate of drug-likeness (QED) is 0.838. The van der Waals surface area contributed by atoms with Gasteiger partial charge in [0.05, 0.1) is 17.3 Å². The fraction of sp³-hybridized carbons (Fsp3) is 0.500. The maximum atomic E-state index is 11.7. The Kier molecular flexibility index (Phi) is 4.54. The molecular formula is C10H13Cl2N3O2. The lowest BCUT2D eigenvalue weighted by atomic mass is 10.3. The molecule has 17 heavy (non-hydrogen) atoms. The van der Waals surface area contributed by atoms with Crippen molar-refractivity contribution >= 4 is 29.1 Å². The average molecular weight is 278 g/mol. The molecule has 1 amide bonds. The van der Waals surface area contributed by atoms with Gasteiger partial charge in [-0.25, -0.2) is 4.68 Å². The van der Waals surface area contributed by atoms with Crippen LogP contribution in [0.2, 0.25) is 10.0 Å². The van der Waals surface area contributed by atoms with Crippen LogP contribution in [0.4, 0.5) is 0 Å². The molecule has 1 aromatic heterocycles. The molecule has 5 nitrogen and oxygen atoms in total. The first kappa shape index (κ1) is 14.0. The van der Waals surface area contributed by atoms with Crippen LogP contribution in [-0.2, 0) is 11.3 Å². The van der Waals surface area contributed by atoms with Crippen LogP contribution in [0.3, 0.4) is 0 Å². The number of hydrogen-bond acceptors (Lipinski definition) is 3. The summed E-state index contributed by atoms with van der Waals surface area (Å²) in [5.41, 5.74) is -0.0117. The van der Waals surface area contributed by atoms with Gasteiger partial charge < -0.3 is 4.90 Å². The first-order valence-electron chi connectivity index (χ1n) is 4.97. The third-order valence-corrected chi connectivity index (χ3v) is 3.15. The molecule has 1 heterocycles. The SMILES string of the molecule is Cc1nn(CCC(=O)N(C)C)c(=O)c(Cl)c1Cl. The van der Waals surface area contributed by atoms with E-state index in [9.17, 15) is 9.59 Å². The van der Waals surface area contributed by atoms with Gasteiger partial charge >= 0.3 is 0 Å². The van der Waals surface area contributed by atoms with E-state index >= 15 is 0 Å². The van der Waals surface area contributed by atoms with Gasteiger partial charge in [0.2, 0.25) is 5.91 Å². The van der Waals surface area contributed by atoms with Crippen LogP contribution in [0, 0.1) is 6.92 Å². The molecule has 0 fully saturated rings. The number of halogens is 2. The molecule has 0 N–H and O–H groups in total. The van der Waals surface area contributed by atoms with E-state index in [2.05, 4.69) is 5.10 Å². The standard InChI is InChI=1S/C10H13Cl2N3O2/c1-6-8(11)9(12)10(17)15(13-6)5-4-7(16)14(2)3/h4-5H2,1-3H3. The molecule has 0 bridgehead atoms. The Hall–Kier alpha value is -1.07. The summed E-state index contributed by atoms with van der Waals surface area (Å²) in [6, 6.07) is 0. The summed E-state index contributed by atoms with van der Waals surface area (Å²) in [4.78, 5) is 24.5. The number of nitrogens with zero attached hydrogens (tertiary/aromatic N) is 3. The van der Waals surface area contributed by atoms with Crippen LogP contribution >= 0.6 is 23.2 Å². The van der Waals surface area contributed by atoms with Crippen molar-refractivity contribution < 1.29 is 4.79 Å². The molecular weight excluding hydrogens is 265 g/mol. The minimum atomic E-state index is -0.478. The Morgan fingerprint density at radius 2 is 1.94 bits per heavy atom. The van der Waals surface area contributed by atoms with Crippen LogP contribution in [0.25, 0.3) is 0 Å². The molecule has 94 valence electrons. The maximum Gasteiger partial charge on any atom is 0.287 e. The van der Waals surface area contributed by atoms with E-state index in [4.69, 9.17) is 23.2 Å². The molecule has 0 spiro atoms. The molecule has 0 aliphatic rings. The van der Waals surface area contributed by atoms with Crippen LogP contribution in [0.5, 0.6) is 0 Å². The van der Waals surface area contributed by atoms with Gasteiger partial charge in [-0.2, -0.15) is 5.10 Å². The summed E-state index contributed by atoms with van der Waals surface area (Å²) >= 11 is 11.6. The maximum absolute atomic E-state index is 11.7. The summed E-state index contributed by atoms with van der Waals surface area (Å²) in [7, 11) is 3.30. The highest BCUT2D eigenvalue weighted by Gasteiger charge is 2.12. The minimum absolute atomic E-state index is 0.0588. The number of amides is 1. The van der Waals surface area contributed by atoms with Crippen LogP contribution < -0.4 is 5.56 Å². The Bertz CT molecular complexity index is 497. The number of hydrogen-bond donors (Lipinski definition) is 0. The third-order valence-electron chi connectivity index (χ3n) is 2.24. The van der Waals surface area contributed by atoms with Crippen molar-refractivity contribution in [1.82, 2.24) is 14.7 Å². The fourth-order valence-corrected chi connectivity index (χ4v) is 1.57. The topological polar surface area (TPSA) is 55.2 Å². The molecule has 0 radical (unpaired) electrons. The minimum Gasteiger partial charge on any atom is -0.349 e. The number of aryl methyl sites for hydroxylation is 2. The van der Waals surface area contributed by atoms with Gasteiger partial charge in [-0.1, -0.05) is 23.2 Å². The van der Waals surface area contributed by atoms with Gasteiger partial charge in [-0.15, -0.1) is 0 Å². The van der Waals surface area contributed by atoms with Crippen molar-refractivity contribution in [2.75, 3.05) is 14.1 Å². The number of carbonyl (C=O) groups is 1. The number of aromatic nitrogens is 2. The van der Waals surface area contributed by atoms with E-state index in [0.29, 0.717) is 5.69 Å². The number of rotatable bonds is 3. The molecule has 0 saturated heterocycles. The Labute approximate surface area is 109 Å². The zero-order valence-electron chi connectivity index (χ0n) is 9.83.